The number of hydrogen-bond donors (Lipinski definition) is 1. The van der Waals surface area contributed by atoms with Gasteiger partial charge in [-0.3, -0.25) is 4.90 Å². The van der Waals surface area contributed by atoms with Gasteiger partial charge in [-0.2, -0.15) is 0 Å². The molecule has 1 aromatic rings. The second kappa shape index (κ2) is 8.94. The van der Waals surface area contributed by atoms with Crippen molar-refractivity contribution >= 4 is 0 Å². The third-order valence-corrected chi connectivity index (χ3v) is 4.37. The number of hydrogen-bond acceptors (Lipinski definition) is 4. The smallest absolute Gasteiger partial charge is 0.161 e. The Balaban J connectivity index is 2.04. The van der Waals surface area contributed by atoms with Gasteiger partial charge in [0.2, 0.25) is 0 Å². The predicted octanol–water partition coefficient (Wildman–Crippen LogP) is 3.35. The van der Waals surface area contributed by atoms with Gasteiger partial charge in [0.05, 0.1) is 7.11 Å². The molecule has 4 heteroatoms. The van der Waals surface area contributed by atoms with Gasteiger partial charge in [0, 0.05) is 19.1 Å². The molecule has 1 aromatic carbocycles. The Kier molecular flexibility index (Phi) is 6.93. The maximum atomic E-state index is 5.91. The molecular formula is C19H30N2O2. The van der Waals surface area contributed by atoms with E-state index < -0.39 is 0 Å². The van der Waals surface area contributed by atoms with Gasteiger partial charge in [0.25, 0.3) is 0 Å². The average molecular weight is 318 g/mol. The Morgan fingerprint density at radius 2 is 2.13 bits per heavy atom. The monoisotopic (exact) mass is 318 g/mol. The molecule has 0 aromatic heterocycles. The van der Waals surface area contributed by atoms with Gasteiger partial charge in [-0.15, -0.1) is 0 Å². The number of nitrogens with two attached hydrogens (primary N) is 1. The topological polar surface area (TPSA) is 47.7 Å². The highest BCUT2D eigenvalue weighted by Gasteiger charge is 2.21. The van der Waals surface area contributed by atoms with Crippen LogP contribution < -0.4 is 15.2 Å². The number of likely N-dealkylation sites (tertiary alicyclic amines) is 1. The average Bonchev–Trinajstić information content (AvgIpc) is 2.56. The summed E-state index contributed by atoms with van der Waals surface area (Å²) >= 11 is 0. The van der Waals surface area contributed by atoms with Crippen LogP contribution in [-0.4, -0.2) is 37.7 Å². The molecule has 1 fully saturated rings. The normalized spacial score (nSPS) is 18.5. The lowest BCUT2D eigenvalue weighted by Gasteiger charge is -2.35. The second-order valence-electron chi connectivity index (χ2n) is 6.43. The van der Waals surface area contributed by atoms with E-state index in [1.165, 1.54) is 30.4 Å². The van der Waals surface area contributed by atoms with Crippen LogP contribution in [0.2, 0.25) is 0 Å². The Bertz CT molecular complexity index is 524. The fourth-order valence-electron chi connectivity index (χ4n) is 3.00. The highest BCUT2D eigenvalue weighted by Crippen LogP contribution is 2.29. The number of nitrogens with zero attached hydrogens (tertiary/aromatic N) is 1. The first-order valence-electron chi connectivity index (χ1n) is 8.51. The van der Waals surface area contributed by atoms with Crippen LogP contribution in [0.5, 0.6) is 11.5 Å². The lowest BCUT2D eigenvalue weighted by Crippen LogP contribution is -2.43. The summed E-state index contributed by atoms with van der Waals surface area (Å²) in [6, 6.07) is 6.72. The first kappa shape index (κ1) is 17.8. The molecule has 1 aliphatic rings. The molecule has 0 bridgehead atoms. The van der Waals surface area contributed by atoms with Crippen molar-refractivity contribution in [2.24, 2.45) is 5.73 Å². The molecule has 23 heavy (non-hydrogen) atoms. The standard InChI is InChI=1S/C19H30N2O2/c1-15(2)9-11-23-18-8-7-16(12-19(18)22-3)14-21-10-5-4-6-17(21)13-20/h7-9,12,17H,4-6,10-11,13-14,20H2,1-3H3. The van der Waals surface area contributed by atoms with Crippen molar-refractivity contribution in [1.29, 1.82) is 0 Å². The summed E-state index contributed by atoms with van der Waals surface area (Å²) in [6.45, 7) is 7.49. The van der Waals surface area contributed by atoms with Crippen LogP contribution in [0.15, 0.2) is 29.8 Å². The minimum Gasteiger partial charge on any atom is -0.493 e. The first-order chi connectivity index (χ1) is 11.1. The molecule has 0 saturated carbocycles. The van der Waals surface area contributed by atoms with Crippen LogP contribution in [0.1, 0.15) is 38.7 Å². The van der Waals surface area contributed by atoms with Crippen molar-refractivity contribution in [3.63, 3.8) is 0 Å². The van der Waals surface area contributed by atoms with Gasteiger partial charge in [-0.25, -0.2) is 0 Å². The summed E-state index contributed by atoms with van der Waals surface area (Å²) in [7, 11) is 1.69. The summed E-state index contributed by atoms with van der Waals surface area (Å²) in [5, 5.41) is 0. The van der Waals surface area contributed by atoms with Crippen LogP contribution in [0.3, 0.4) is 0 Å². The van der Waals surface area contributed by atoms with E-state index in [-0.39, 0.29) is 0 Å². The number of ether oxygens (including phenoxy) is 2. The molecule has 2 rings (SSSR count). The van der Waals surface area contributed by atoms with Gasteiger partial charge in [0.15, 0.2) is 11.5 Å². The number of piperidine rings is 1. The molecule has 128 valence electrons. The van der Waals surface area contributed by atoms with E-state index in [0.717, 1.165) is 31.1 Å². The number of methoxy groups -OCH3 is 1. The zero-order valence-electron chi connectivity index (χ0n) is 14.7. The molecule has 2 N–H and O–H groups in total. The molecule has 0 aliphatic carbocycles. The molecule has 1 atom stereocenters. The van der Waals surface area contributed by atoms with E-state index in [2.05, 4.69) is 37.0 Å². The Hall–Kier alpha value is -1.52. The van der Waals surface area contributed by atoms with Crippen LogP contribution in [0.25, 0.3) is 0 Å². The van der Waals surface area contributed by atoms with Crippen LogP contribution >= 0.6 is 0 Å². The van der Waals surface area contributed by atoms with Crippen molar-refractivity contribution in [3.8, 4) is 11.5 Å². The van der Waals surface area contributed by atoms with Crippen LogP contribution in [-0.2, 0) is 6.54 Å². The van der Waals surface area contributed by atoms with Gasteiger partial charge < -0.3 is 15.2 Å². The van der Waals surface area contributed by atoms with Crippen LogP contribution in [0.4, 0.5) is 0 Å². The predicted molar refractivity (Wildman–Crippen MR) is 95.0 cm³/mol. The third-order valence-electron chi connectivity index (χ3n) is 4.37. The highest BCUT2D eigenvalue weighted by atomic mass is 16.5. The number of rotatable bonds is 7. The first-order valence-corrected chi connectivity index (χ1v) is 8.51. The molecule has 0 radical (unpaired) electrons. The van der Waals surface area contributed by atoms with Crippen molar-refractivity contribution in [2.45, 2.75) is 45.7 Å². The lowest BCUT2D eigenvalue weighted by molar-refractivity contribution is 0.144. The maximum absolute atomic E-state index is 5.91. The fourth-order valence-corrected chi connectivity index (χ4v) is 3.00. The summed E-state index contributed by atoms with van der Waals surface area (Å²) in [5.41, 5.74) is 8.41. The molecule has 1 heterocycles. The molecule has 0 spiro atoms. The van der Waals surface area contributed by atoms with E-state index in [0.29, 0.717) is 12.6 Å². The lowest BCUT2D eigenvalue weighted by atomic mass is 10.0. The second-order valence-corrected chi connectivity index (χ2v) is 6.43. The van der Waals surface area contributed by atoms with Crippen molar-refractivity contribution in [1.82, 2.24) is 4.90 Å². The Morgan fingerprint density at radius 3 is 2.83 bits per heavy atom. The van der Waals surface area contributed by atoms with Gasteiger partial charge in [0.1, 0.15) is 6.61 Å². The van der Waals surface area contributed by atoms with E-state index >= 15 is 0 Å². The van der Waals surface area contributed by atoms with Crippen LogP contribution in [0, 0.1) is 0 Å². The van der Waals surface area contributed by atoms with E-state index in [1.807, 2.05) is 6.07 Å². The summed E-state index contributed by atoms with van der Waals surface area (Å²) < 4.78 is 11.3. The van der Waals surface area contributed by atoms with E-state index in [9.17, 15) is 0 Å². The summed E-state index contributed by atoms with van der Waals surface area (Å²) in [4.78, 5) is 2.49. The zero-order valence-corrected chi connectivity index (χ0v) is 14.7. The Morgan fingerprint density at radius 1 is 1.30 bits per heavy atom. The Labute approximate surface area is 140 Å². The molecule has 1 aliphatic heterocycles. The van der Waals surface area contributed by atoms with Gasteiger partial charge >= 0.3 is 0 Å². The van der Waals surface area contributed by atoms with E-state index in [4.69, 9.17) is 15.2 Å². The van der Waals surface area contributed by atoms with E-state index in [1.54, 1.807) is 7.11 Å². The van der Waals surface area contributed by atoms with Gasteiger partial charge in [-0.1, -0.05) is 18.1 Å². The number of allylic oxidation sites excluding steroid dienone is 1. The van der Waals surface area contributed by atoms with Crippen molar-refractivity contribution < 1.29 is 9.47 Å². The van der Waals surface area contributed by atoms with Crippen molar-refractivity contribution in [2.75, 3.05) is 26.8 Å². The molecule has 0 amide bonds. The fraction of sp³-hybridized carbons (Fsp3) is 0.579. The minimum atomic E-state index is 0.503. The summed E-state index contributed by atoms with van der Waals surface area (Å²) in [6.07, 6.45) is 5.82. The molecule has 1 saturated heterocycles. The quantitative estimate of drug-likeness (QED) is 0.783. The third kappa shape index (κ3) is 5.26. The largest absolute Gasteiger partial charge is 0.493 e. The molecular weight excluding hydrogens is 288 g/mol. The maximum Gasteiger partial charge on any atom is 0.161 e. The SMILES string of the molecule is COc1cc(CN2CCCCC2CN)ccc1OCC=C(C)C. The van der Waals surface area contributed by atoms with Gasteiger partial charge in [-0.05, 0) is 57.0 Å². The minimum absolute atomic E-state index is 0.503. The van der Waals surface area contributed by atoms with Crippen molar-refractivity contribution in [3.05, 3.63) is 35.4 Å². The summed E-state index contributed by atoms with van der Waals surface area (Å²) in [5.74, 6) is 1.59. The molecule has 1 unspecified atom stereocenters. The number of benzene rings is 1. The zero-order chi connectivity index (χ0) is 16.7. The highest BCUT2D eigenvalue weighted by molar-refractivity contribution is 5.43. The molecule has 4 nitrogen and oxygen atoms in total.